The second-order valence-corrected chi connectivity index (χ2v) is 5.40. The number of H-pyrrole nitrogens is 1. The number of aromatic amines is 1. The van der Waals surface area contributed by atoms with Crippen LogP contribution in [0.25, 0.3) is 0 Å². The second kappa shape index (κ2) is 4.69. The molecule has 0 radical (unpaired) electrons. The van der Waals surface area contributed by atoms with Crippen molar-refractivity contribution in [3.8, 4) is 0 Å². The third-order valence-electron chi connectivity index (χ3n) is 4.08. The highest BCUT2D eigenvalue weighted by molar-refractivity contribution is 5.20. The molecule has 2 N–H and O–H groups in total. The highest BCUT2D eigenvalue weighted by Crippen LogP contribution is 2.17. The molecule has 17 heavy (non-hydrogen) atoms. The van der Waals surface area contributed by atoms with Crippen molar-refractivity contribution in [1.29, 1.82) is 0 Å². The average Bonchev–Trinajstić information content (AvgIpc) is 2.68. The molecule has 1 aromatic rings. The van der Waals surface area contributed by atoms with E-state index in [4.69, 9.17) is 0 Å². The third kappa shape index (κ3) is 2.18. The highest BCUT2D eigenvalue weighted by atomic mass is 16.1. The van der Waals surface area contributed by atoms with Crippen LogP contribution in [-0.4, -0.2) is 22.9 Å². The molecule has 2 heterocycles. The summed E-state index contributed by atoms with van der Waals surface area (Å²) in [5.41, 5.74) is 2.50. The van der Waals surface area contributed by atoms with Crippen molar-refractivity contribution in [2.45, 2.75) is 45.1 Å². The van der Waals surface area contributed by atoms with Crippen LogP contribution in [0, 0.1) is 5.92 Å². The SMILES string of the molecule is O=c1c2c([nH]n1CC1CCCNC1)CCCC2. The molecule has 4 nitrogen and oxygen atoms in total. The first kappa shape index (κ1) is 11.1. The highest BCUT2D eigenvalue weighted by Gasteiger charge is 2.20. The molecule has 0 saturated carbocycles. The lowest BCUT2D eigenvalue weighted by molar-refractivity contribution is 0.321. The summed E-state index contributed by atoms with van der Waals surface area (Å²) in [6.07, 6.45) is 6.90. The van der Waals surface area contributed by atoms with Crippen LogP contribution in [0.5, 0.6) is 0 Å². The van der Waals surface area contributed by atoms with Gasteiger partial charge in [-0.3, -0.25) is 14.6 Å². The van der Waals surface area contributed by atoms with Gasteiger partial charge in [0.2, 0.25) is 0 Å². The number of hydrogen-bond acceptors (Lipinski definition) is 2. The van der Waals surface area contributed by atoms with E-state index in [0.717, 1.165) is 38.0 Å². The predicted octanol–water partition coefficient (Wildman–Crippen LogP) is 1.05. The van der Waals surface area contributed by atoms with Gasteiger partial charge in [0.25, 0.3) is 5.56 Å². The molecule has 0 bridgehead atoms. The van der Waals surface area contributed by atoms with E-state index in [1.165, 1.54) is 31.4 Å². The first-order chi connectivity index (χ1) is 8.34. The molecule has 1 atom stereocenters. The molecule has 0 amide bonds. The zero-order chi connectivity index (χ0) is 11.7. The Balaban J connectivity index is 1.78. The van der Waals surface area contributed by atoms with Gasteiger partial charge in [0.15, 0.2) is 0 Å². The van der Waals surface area contributed by atoms with Crippen LogP contribution in [-0.2, 0) is 19.4 Å². The minimum absolute atomic E-state index is 0.241. The number of aromatic nitrogens is 2. The van der Waals surface area contributed by atoms with E-state index in [9.17, 15) is 4.79 Å². The maximum Gasteiger partial charge on any atom is 0.269 e. The quantitative estimate of drug-likeness (QED) is 0.805. The van der Waals surface area contributed by atoms with Crippen molar-refractivity contribution in [1.82, 2.24) is 15.1 Å². The molecule has 2 aliphatic rings. The van der Waals surface area contributed by atoms with Crippen LogP contribution in [0.2, 0.25) is 0 Å². The lowest BCUT2D eigenvalue weighted by Gasteiger charge is -2.22. The molecule has 1 aliphatic heterocycles. The van der Waals surface area contributed by atoms with Crippen LogP contribution < -0.4 is 10.9 Å². The molecule has 1 unspecified atom stereocenters. The maximum absolute atomic E-state index is 12.2. The van der Waals surface area contributed by atoms with Crippen molar-refractivity contribution < 1.29 is 0 Å². The Morgan fingerprint density at radius 2 is 2.12 bits per heavy atom. The van der Waals surface area contributed by atoms with Gasteiger partial charge in [-0.25, -0.2) is 0 Å². The molecule has 1 fully saturated rings. The summed E-state index contributed by atoms with van der Waals surface area (Å²) in [5.74, 6) is 0.613. The zero-order valence-corrected chi connectivity index (χ0v) is 10.3. The van der Waals surface area contributed by atoms with Gasteiger partial charge < -0.3 is 5.32 Å². The molecule has 4 heteroatoms. The normalized spacial score (nSPS) is 24.6. The Kier molecular flexibility index (Phi) is 3.05. The van der Waals surface area contributed by atoms with E-state index >= 15 is 0 Å². The number of nitrogens with zero attached hydrogens (tertiary/aromatic N) is 1. The number of nitrogens with one attached hydrogen (secondary N) is 2. The zero-order valence-electron chi connectivity index (χ0n) is 10.3. The molecular weight excluding hydrogens is 214 g/mol. The van der Waals surface area contributed by atoms with Gasteiger partial charge in [0, 0.05) is 17.8 Å². The number of hydrogen-bond donors (Lipinski definition) is 2. The van der Waals surface area contributed by atoms with E-state index in [0.29, 0.717) is 5.92 Å². The first-order valence-electron chi connectivity index (χ1n) is 6.86. The van der Waals surface area contributed by atoms with Gasteiger partial charge >= 0.3 is 0 Å². The van der Waals surface area contributed by atoms with E-state index in [1.807, 2.05) is 4.68 Å². The van der Waals surface area contributed by atoms with Gasteiger partial charge in [-0.2, -0.15) is 0 Å². The van der Waals surface area contributed by atoms with Gasteiger partial charge in [0.05, 0.1) is 0 Å². The number of fused-ring (bicyclic) bond motifs is 1. The largest absolute Gasteiger partial charge is 0.316 e. The third-order valence-corrected chi connectivity index (χ3v) is 4.08. The predicted molar refractivity (Wildman–Crippen MR) is 67.3 cm³/mol. The fourth-order valence-corrected chi connectivity index (χ4v) is 3.11. The van der Waals surface area contributed by atoms with Crippen molar-refractivity contribution in [3.05, 3.63) is 21.6 Å². The van der Waals surface area contributed by atoms with Crippen molar-refractivity contribution in [2.75, 3.05) is 13.1 Å². The van der Waals surface area contributed by atoms with E-state index in [2.05, 4.69) is 10.4 Å². The molecular formula is C13H21N3O. The van der Waals surface area contributed by atoms with E-state index < -0.39 is 0 Å². The molecule has 0 aromatic carbocycles. The van der Waals surface area contributed by atoms with Gasteiger partial charge in [-0.05, 0) is 57.5 Å². The topological polar surface area (TPSA) is 49.8 Å². The monoisotopic (exact) mass is 235 g/mol. The Morgan fingerprint density at radius 1 is 1.24 bits per heavy atom. The molecule has 3 rings (SSSR count). The van der Waals surface area contributed by atoms with Crippen LogP contribution in [0.15, 0.2) is 4.79 Å². The van der Waals surface area contributed by atoms with Gasteiger partial charge in [0.1, 0.15) is 0 Å². The fourth-order valence-electron chi connectivity index (χ4n) is 3.11. The molecule has 1 aromatic heterocycles. The van der Waals surface area contributed by atoms with Crippen LogP contribution in [0.1, 0.15) is 36.9 Å². The Morgan fingerprint density at radius 3 is 2.88 bits per heavy atom. The average molecular weight is 235 g/mol. The summed E-state index contributed by atoms with van der Waals surface area (Å²) in [6, 6.07) is 0. The van der Waals surface area contributed by atoms with Crippen LogP contribution in [0.4, 0.5) is 0 Å². The van der Waals surface area contributed by atoms with Crippen LogP contribution in [0.3, 0.4) is 0 Å². The lowest BCUT2D eigenvalue weighted by Crippen LogP contribution is -2.34. The Bertz CT molecular complexity index is 440. The standard InChI is InChI=1S/C13H21N3O/c17-13-11-5-1-2-6-12(11)15-16(13)9-10-4-3-7-14-8-10/h10,14-15H,1-9H2. The maximum atomic E-state index is 12.2. The second-order valence-electron chi connectivity index (χ2n) is 5.40. The lowest BCUT2D eigenvalue weighted by atomic mass is 9.98. The summed E-state index contributed by atoms with van der Waals surface area (Å²) in [4.78, 5) is 12.2. The fraction of sp³-hybridized carbons (Fsp3) is 0.769. The minimum Gasteiger partial charge on any atom is -0.316 e. The van der Waals surface area contributed by atoms with E-state index in [-0.39, 0.29) is 5.56 Å². The summed E-state index contributed by atoms with van der Waals surface area (Å²) in [7, 11) is 0. The summed E-state index contributed by atoms with van der Waals surface area (Å²) < 4.78 is 1.85. The number of aryl methyl sites for hydroxylation is 1. The summed E-state index contributed by atoms with van der Waals surface area (Å²) in [5, 5.41) is 6.73. The van der Waals surface area contributed by atoms with Crippen molar-refractivity contribution >= 4 is 0 Å². The van der Waals surface area contributed by atoms with Gasteiger partial charge in [-0.1, -0.05) is 0 Å². The summed E-state index contributed by atoms with van der Waals surface area (Å²) in [6.45, 7) is 3.04. The van der Waals surface area contributed by atoms with Gasteiger partial charge in [-0.15, -0.1) is 0 Å². The molecule has 0 spiro atoms. The summed E-state index contributed by atoms with van der Waals surface area (Å²) >= 11 is 0. The molecule has 94 valence electrons. The number of rotatable bonds is 2. The molecule has 1 aliphatic carbocycles. The van der Waals surface area contributed by atoms with Crippen molar-refractivity contribution in [2.24, 2.45) is 5.92 Å². The molecule has 1 saturated heterocycles. The van der Waals surface area contributed by atoms with Crippen molar-refractivity contribution in [3.63, 3.8) is 0 Å². The first-order valence-corrected chi connectivity index (χ1v) is 6.86. The van der Waals surface area contributed by atoms with Crippen LogP contribution >= 0.6 is 0 Å². The smallest absolute Gasteiger partial charge is 0.269 e. The Labute approximate surface area is 101 Å². The number of piperidine rings is 1. The Hall–Kier alpha value is -1.03. The minimum atomic E-state index is 0.241. The van der Waals surface area contributed by atoms with E-state index in [1.54, 1.807) is 0 Å².